The molecule has 0 fully saturated rings. The van der Waals surface area contributed by atoms with Crippen molar-refractivity contribution in [3.05, 3.63) is 42.1 Å². The van der Waals surface area contributed by atoms with Gasteiger partial charge >= 0.3 is 0 Å². The Bertz CT molecular complexity index is 698. The number of nitrogens with one attached hydrogen (secondary N) is 1. The zero-order valence-electron chi connectivity index (χ0n) is 11.6. The normalized spacial score (nSPS) is 11.7. The number of nitrogen functional groups attached to an aromatic ring is 1. The average Bonchev–Trinajstić information content (AvgIpc) is 2.82. The van der Waals surface area contributed by atoms with Crippen LogP contribution in [0, 0.1) is 6.92 Å². The van der Waals surface area contributed by atoms with Crippen LogP contribution in [0.2, 0.25) is 0 Å². The van der Waals surface area contributed by atoms with Gasteiger partial charge < -0.3 is 10.2 Å². The van der Waals surface area contributed by atoms with Crippen molar-refractivity contribution in [2.75, 3.05) is 17.2 Å². The van der Waals surface area contributed by atoms with E-state index in [-0.39, 0.29) is 12.3 Å². The van der Waals surface area contributed by atoms with Gasteiger partial charge in [-0.2, -0.15) is 0 Å². The predicted molar refractivity (Wildman–Crippen MR) is 83.4 cm³/mol. The largest absolute Gasteiger partial charge is 0.445 e. The van der Waals surface area contributed by atoms with Crippen LogP contribution < -0.4 is 10.5 Å². The van der Waals surface area contributed by atoms with Gasteiger partial charge in [-0.1, -0.05) is 6.07 Å². The third-order valence-corrected chi connectivity index (χ3v) is 5.17. The summed E-state index contributed by atoms with van der Waals surface area (Å²) in [7, 11) is -3.35. The number of nitrogens with zero attached hydrogens (tertiary/aromatic N) is 1. The van der Waals surface area contributed by atoms with Crippen molar-refractivity contribution < 1.29 is 12.8 Å². The molecule has 6 nitrogen and oxygen atoms in total. The second kappa shape index (κ2) is 6.97. The molecular weight excluding hydrogens is 310 g/mol. The van der Waals surface area contributed by atoms with Crippen LogP contribution in [-0.2, 0) is 16.6 Å². The molecule has 0 saturated heterocycles. The molecule has 1 heterocycles. The monoisotopic (exact) mass is 327 g/mol. The van der Waals surface area contributed by atoms with Crippen LogP contribution in [0.5, 0.6) is 0 Å². The Kier molecular flexibility index (Phi) is 5.27. The molecule has 2 rings (SSSR count). The van der Waals surface area contributed by atoms with Crippen molar-refractivity contribution >= 4 is 27.5 Å². The minimum absolute atomic E-state index is 0.0200. The quantitative estimate of drug-likeness (QED) is 0.594. The van der Waals surface area contributed by atoms with Crippen LogP contribution >= 0.6 is 11.8 Å². The molecule has 0 unspecified atom stereocenters. The number of sulfonamides is 1. The Hall–Kier alpha value is -1.51. The van der Waals surface area contributed by atoms with Gasteiger partial charge in [0.2, 0.25) is 15.9 Å². The summed E-state index contributed by atoms with van der Waals surface area (Å²) in [5.74, 6) is 1.48. The van der Waals surface area contributed by atoms with E-state index in [4.69, 9.17) is 10.2 Å². The maximum atomic E-state index is 11.8. The highest BCUT2D eigenvalue weighted by molar-refractivity contribution is 8.00. The standard InChI is InChI=1S/C13H17N3O3S2/c1-10-8-15-13(19-10)9-16-21(17,18)6-5-20-12-4-2-3-11(14)7-12/h2-4,7-8,16H,5-6,9,14H2,1H3. The number of nitrogens with two attached hydrogens (primary N) is 1. The molecule has 0 bridgehead atoms. The molecule has 0 aliphatic heterocycles. The van der Waals surface area contributed by atoms with E-state index < -0.39 is 10.0 Å². The molecule has 0 spiro atoms. The SMILES string of the molecule is Cc1cnc(CNS(=O)(=O)CCSc2cccc(N)c2)o1. The highest BCUT2D eigenvalue weighted by Crippen LogP contribution is 2.20. The second-order valence-corrected chi connectivity index (χ2v) is 7.52. The Balaban J connectivity index is 1.78. The van der Waals surface area contributed by atoms with E-state index in [0.717, 1.165) is 4.90 Å². The van der Waals surface area contributed by atoms with Gasteiger partial charge in [0.15, 0.2) is 0 Å². The van der Waals surface area contributed by atoms with E-state index in [1.54, 1.807) is 19.2 Å². The van der Waals surface area contributed by atoms with Crippen LogP contribution in [0.15, 0.2) is 39.8 Å². The van der Waals surface area contributed by atoms with Crippen molar-refractivity contribution in [3.63, 3.8) is 0 Å². The summed E-state index contributed by atoms with van der Waals surface area (Å²) in [6, 6.07) is 7.35. The molecule has 8 heteroatoms. The first-order valence-corrected chi connectivity index (χ1v) is 8.95. The number of thioether (sulfide) groups is 1. The van der Waals surface area contributed by atoms with Gasteiger partial charge in [0.05, 0.1) is 18.5 Å². The van der Waals surface area contributed by atoms with Gasteiger partial charge in [0, 0.05) is 16.3 Å². The van der Waals surface area contributed by atoms with E-state index in [2.05, 4.69) is 9.71 Å². The van der Waals surface area contributed by atoms with Crippen molar-refractivity contribution in [1.29, 1.82) is 0 Å². The number of hydrogen-bond acceptors (Lipinski definition) is 6. The predicted octanol–water partition coefficient (Wildman–Crippen LogP) is 1.78. The van der Waals surface area contributed by atoms with Crippen LogP contribution in [-0.4, -0.2) is 24.9 Å². The first-order valence-electron chi connectivity index (χ1n) is 6.31. The lowest BCUT2D eigenvalue weighted by molar-refractivity contribution is 0.463. The van der Waals surface area contributed by atoms with Crippen molar-refractivity contribution in [3.8, 4) is 0 Å². The molecular formula is C13H17N3O3S2. The molecule has 2 aromatic rings. The van der Waals surface area contributed by atoms with Gasteiger partial charge in [0.1, 0.15) is 5.76 Å². The van der Waals surface area contributed by atoms with Crippen LogP contribution in [0.3, 0.4) is 0 Å². The molecule has 0 radical (unpaired) electrons. The Labute approximate surface area is 128 Å². The van der Waals surface area contributed by atoms with Gasteiger partial charge in [-0.15, -0.1) is 11.8 Å². The lowest BCUT2D eigenvalue weighted by Crippen LogP contribution is -2.27. The van der Waals surface area contributed by atoms with Crippen molar-refractivity contribution in [1.82, 2.24) is 9.71 Å². The van der Waals surface area contributed by atoms with Crippen molar-refractivity contribution in [2.24, 2.45) is 0 Å². The lowest BCUT2D eigenvalue weighted by atomic mass is 10.3. The fraction of sp³-hybridized carbons (Fsp3) is 0.308. The summed E-state index contributed by atoms with van der Waals surface area (Å²) in [5.41, 5.74) is 6.34. The summed E-state index contributed by atoms with van der Waals surface area (Å²) in [6.45, 7) is 1.83. The molecule has 3 N–H and O–H groups in total. The fourth-order valence-corrected chi connectivity index (χ4v) is 3.93. The highest BCUT2D eigenvalue weighted by Gasteiger charge is 2.12. The molecule has 0 aliphatic carbocycles. The Morgan fingerprint density at radius 1 is 1.43 bits per heavy atom. The molecule has 0 amide bonds. The van der Waals surface area contributed by atoms with E-state index in [0.29, 0.717) is 23.1 Å². The Morgan fingerprint density at radius 2 is 2.24 bits per heavy atom. The maximum absolute atomic E-state index is 11.8. The maximum Gasteiger partial charge on any atom is 0.212 e. The molecule has 0 aliphatic rings. The first kappa shape index (κ1) is 15.9. The zero-order valence-corrected chi connectivity index (χ0v) is 13.2. The van der Waals surface area contributed by atoms with E-state index in [1.165, 1.54) is 11.8 Å². The van der Waals surface area contributed by atoms with Gasteiger partial charge in [-0.25, -0.2) is 18.1 Å². The first-order chi connectivity index (χ1) is 9.94. The minimum Gasteiger partial charge on any atom is -0.445 e. The number of rotatable bonds is 7. The number of oxazole rings is 1. The summed E-state index contributed by atoms with van der Waals surface area (Å²) in [4.78, 5) is 4.90. The fourth-order valence-electron chi connectivity index (χ4n) is 1.60. The molecule has 0 saturated carbocycles. The topological polar surface area (TPSA) is 98.2 Å². The summed E-state index contributed by atoms with van der Waals surface area (Å²) in [5, 5.41) is 0. The van der Waals surface area contributed by atoms with Gasteiger partial charge in [-0.05, 0) is 25.1 Å². The summed E-state index contributed by atoms with van der Waals surface area (Å²) < 4.78 is 31.4. The van der Waals surface area contributed by atoms with E-state index >= 15 is 0 Å². The molecule has 1 aromatic carbocycles. The molecule has 21 heavy (non-hydrogen) atoms. The number of hydrogen-bond donors (Lipinski definition) is 2. The summed E-state index contributed by atoms with van der Waals surface area (Å²) in [6.07, 6.45) is 1.55. The average molecular weight is 327 g/mol. The zero-order chi connectivity index (χ0) is 15.3. The smallest absolute Gasteiger partial charge is 0.212 e. The second-order valence-electron chi connectivity index (χ2n) is 4.43. The third kappa shape index (κ3) is 5.41. The summed E-state index contributed by atoms with van der Waals surface area (Å²) >= 11 is 1.45. The highest BCUT2D eigenvalue weighted by atomic mass is 32.2. The number of benzene rings is 1. The minimum atomic E-state index is -3.35. The molecule has 114 valence electrons. The van der Waals surface area contributed by atoms with E-state index in [9.17, 15) is 8.42 Å². The van der Waals surface area contributed by atoms with Gasteiger partial charge in [-0.3, -0.25) is 0 Å². The number of anilines is 1. The molecule has 0 atom stereocenters. The van der Waals surface area contributed by atoms with Crippen LogP contribution in [0.25, 0.3) is 0 Å². The number of aryl methyl sites for hydroxylation is 1. The van der Waals surface area contributed by atoms with E-state index in [1.807, 2.05) is 18.2 Å². The molecule has 1 aromatic heterocycles. The lowest BCUT2D eigenvalue weighted by Gasteiger charge is -2.05. The number of aromatic nitrogens is 1. The van der Waals surface area contributed by atoms with Gasteiger partial charge in [0.25, 0.3) is 0 Å². The van der Waals surface area contributed by atoms with Crippen molar-refractivity contribution in [2.45, 2.75) is 18.4 Å². The van der Waals surface area contributed by atoms with Crippen LogP contribution in [0.1, 0.15) is 11.7 Å². The third-order valence-electron chi connectivity index (χ3n) is 2.59. The Morgan fingerprint density at radius 3 is 2.90 bits per heavy atom. The van der Waals surface area contributed by atoms with Crippen LogP contribution in [0.4, 0.5) is 5.69 Å².